The van der Waals surface area contributed by atoms with Crippen LogP contribution in [0.2, 0.25) is 0 Å². The van der Waals surface area contributed by atoms with Gasteiger partial charge in [-0.15, -0.1) is 0 Å². The van der Waals surface area contributed by atoms with E-state index in [9.17, 15) is 5.11 Å². The Hall–Kier alpha value is -1.26. The standard InChI is InChI=1S/C16H24O4/c1-11(17)15-8-7-13(19-3)10-16(15)20-14-6-4-5-12(9-14)18-2/h7-8,10-12,14,17H,4-6,9H2,1-3H3. The SMILES string of the molecule is COc1ccc(C(C)O)c(OC2CCCC(OC)C2)c1. The van der Waals surface area contributed by atoms with Gasteiger partial charge in [-0.3, -0.25) is 0 Å². The average molecular weight is 280 g/mol. The van der Waals surface area contributed by atoms with E-state index in [2.05, 4.69) is 0 Å². The van der Waals surface area contributed by atoms with E-state index in [1.54, 1.807) is 21.1 Å². The first kappa shape index (κ1) is 15.1. The second-order valence-corrected chi connectivity index (χ2v) is 5.34. The molecule has 1 aromatic rings. The summed E-state index contributed by atoms with van der Waals surface area (Å²) in [6, 6.07) is 5.54. The fourth-order valence-corrected chi connectivity index (χ4v) is 2.69. The lowest BCUT2D eigenvalue weighted by Crippen LogP contribution is -2.29. The summed E-state index contributed by atoms with van der Waals surface area (Å²) in [5.41, 5.74) is 0.797. The van der Waals surface area contributed by atoms with Gasteiger partial charge in [0.25, 0.3) is 0 Å². The van der Waals surface area contributed by atoms with Crippen molar-refractivity contribution in [2.24, 2.45) is 0 Å². The highest BCUT2D eigenvalue weighted by Gasteiger charge is 2.24. The molecule has 1 saturated carbocycles. The molecule has 0 spiro atoms. The maximum Gasteiger partial charge on any atom is 0.129 e. The highest BCUT2D eigenvalue weighted by Crippen LogP contribution is 2.33. The molecule has 4 nitrogen and oxygen atoms in total. The number of hydrogen-bond acceptors (Lipinski definition) is 4. The van der Waals surface area contributed by atoms with E-state index in [4.69, 9.17) is 14.2 Å². The highest BCUT2D eigenvalue weighted by atomic mass is 16.5. The minimum atomic E-state index is -0.558. The van der Waals surface area contributed by atoms with E-state index in [0.717, 1.165) is 37.0 Å². The van der Waals surface area contributed by atoms with Crippen LogP contribution in [0.25, 0.3) is 0 Å². The molecule has 0 aliphatic heterocycles. The summed E-state index contributed by atoms with van der Waals surface area (Å²) in [7, 11) is 3.38. The van der Waals surface area contributed by atoms with Crippen LogP contribution < -0.4 is 9.47 Å². The first-order valence-corrected chi connectivity index (χ1v) is 7.19. The van der Waals surface area contributed by atoms with Gasteiger partial charge in [-0.25, -0.2) is 0 Å². The van der Waals surface area contributed by atoms with Crippen LogP contribution in [0.1, 0.15) is 44.3 Å². The maximum absolute atomic E-state index is 9.85. The molecular weight excluding hydrogens is 256 g/mol. The first-order chi connectivity index (χ1) is 9.63. The Morgan fingerprint density at radius 1 is 1.20 bits per heavy atom. The molecule has 0 saturated heterocycles. The lowest BCUT2D eigenvalue weighted by Gasteiger charge is -2.29. The molecule has 3 unspecified atom stereocenters. The van der Waals surface area contributed by atoms with Gasteiger partial charge < -0.3 is 19.3 Å². The molecule has 20 heavy (non-hydrogen) atoms. The third-order valence-corrected chi connectivity index (χ3v) is 3.88. The Balaban J connectivity index is 2.14. The molecule has 112 valence electrons. The van der Waals surface area contributed by atoms with Gasteiger partial charge in [-0.05, 0) is 38.3 Å². The van der Waals surface area contributed by atoms with Gasteiger partial charge >= 0.3 is 0 Å². The van der Waals surface area contributed by atoms with Crippen molar-refractivity contribution in [3.63, 3.8) is 0 Å². The first-order valence-electron chi connectivity index (χ1n) is 7.19. The summed E-state index contributed by atoms with van der Waals surface area (Å²) < 4.78 is 16.8. The van der Waals surface area contributed by atoms with Gasteiger partial charge in [0.1, 0.15) is 17.6 Å². The van der Waals surface area contributed by atoms with Crippen LogP contribution in [0.3, 0.4) is 0 Å². The normalized spacial score (nSPS) is 24.2. The minimum Gasteiger partial charge on any atom is -0.497 e. The van der Waals surface area contributed by atoms with Crippen molar-refractivity contribution < 1.29 is 19.3 Å². The fraction of sp³-hybridized carbons (Fsp3) is 0.625. The molecule has 0 heterocycles. The van der Waals surface area contributed by atoms with E-state index in [1.807, 2.05) is 18.2 Å². The molecule has 0 radical (unpaired) electrons. The summed E-state index contributed by atoms with van der Waals surface area (Å²) in [4.78, 5) is 0. The predicted molar refractivity (Wildman–Crippen MR) is 77.3 cm³/mol. The van der Waals surface area contributed by atoms with Crippen molar-refractivity contribution >= 4 is 0 Å². The number of aliphatic hydroxyl groups excluding tert-OH is 1. The van der Waals surface area contributed by atoms with Crippen molar-refractivity contribution in [1.82, 2.24) is 0 Å². The Morgan fingerprint density at radius 2 is 1.95 bits per heavy atom. The maximum atomic E-state index is 9.85. The van der Waals surface area contributed by atoms with Crippen LogP contribution in [-0.2, 0) is 4.74 Å². The van der Waals surface area contributed by atoms with E-state index in [-0.39, 0.29) is 12.2 Å². The van der Waals surface area contributed by atoms with Crippen LogP contribution in [0.4, 0.5) is 0 Å². The molecule has 2 rings (SSSR count). The third kappa shape index (κ3) is 3.64. The van der Waals surface area contributed by atoms with Crippen LogP contribution in [0, 0.1) is 0 Å². The summed E-state index contributed by atoms with van der Waals surface area (Å²) in [6.07, 6.45) is 3.98. The number of methoxy groups -OCH3 is 2. The Morgan fingerprint density at radius 3 is 2.60 bits per heavy atom. The van der Waals surface area contributed by atoms with Crippen molar-refractivity contribution in [2.75, 3.05) is 14.2 Å². The third-order valence-electron chi connectivity index (χ3n) is 3.88. The molecule has 1 aliphatic rings. The number of ether oxygens (including phenoxy) is 3. The zero-order valence-electron chi connectivity index (χ0n) is 12.5. The fourth-order valence-electron chi connectivity index (χ4n) is 2.69. The zero-order valence-corrected chi connectivity index (χ0v) is 12.5. The monoisotopic (exact) mass is 280 g/mol. The van der Waals surface area contributed by atoms with Crippen LogP contribution >= 0.6 is 0 Å². The Kier molecular flexibility index (Phi) is 5.26. The molecule has 1 N–H and O–H groups in total. The van der Waals surface area contributed by atoms with Gasteiger partial charge in [0.05, 0.1) is 19.3 Å². The van der Waals surface area contributed by atoms with Crippen molar-refractivity contribution in [2.45, 2.75) is 50.9 Å². The van der Waals surface area contributed by atoms with Gasteiger partial charge in [-0.2, -0.15) is 0 Å². The average Bonchev–Trinajstić information content (AvgIpc) is 2.47. The molecular formula is C16H24O4. The second kappa shape index (κ2) is 6.95. The minimum absolute atomic E-state index is 0.137. The Labute approximate surface area is 120 Å². The number of benzene rings is 1. The van der Waals surface area contributed by atoms with E-state index >= 15 is 0 Å². The number of aliphatic hydroxyl groups is 1. The van der Waals surface area contributed by atoms with Gasteiger partial charge in [0.15, 0.2) is 0 Å². The van der Waals surface area contributed by atoms with E-state index in [0.29, 0.717) is 5.75 Å². The van der Waals surface area contributed by atoms with Crippen LogP contribution in [0.5, 0.6) is 11.5 Å². The Bertz CT molecular complexity index is 430. The summed E-state index contributed by atoms with van der Waals surface area (Å²) in [5.74, 6) is 1.45. The topological polar surface area (TPSA) is 47.9 Å². The van der Waals surface area contributed by atoms with Gasteiger partial charge in [-0.1, -0.05) is 0 Å². The number of rotatable bonds is 5. The molecule has 1 fully saturated rings. The summed E-state index contributed by atoms with van der Waals surface area (Å²) in [5, 5.41) is 9.85. The van der Waals surface area contributed by atoms with Crippen LogP contribution in [-0.4, -0.2) is 31.5 Å². The van der Waals surface area contributed by atoms with Gasteiger partial charge in [0, 0.05) is 25.2 Å². The molecule has 0 aromatic heterocycles. The predicted octanol–water partition coefficient (Wildman–Crippen LogP) is 3.08. The van der Waals surface area contributed by atoms with E-state index in [1.165, 1.54) is 0 Å². The summed E-state index contributed by atoms with van der Waals surface area (Å²) >= 11 is 0. The van der Waals surface area contributed by atoms with Crippen LogP contribution in [0.15, 0.2) is 18.2 Å². The molecule has 3 atom stereocenters. The molecule has 0 bridgehead atoms. The quantitative estimate of drug-likeness (QED) is 0.900. The lowest BCUT2D eigenvalue weighted by molar-refractivity contribution is 0.0199. The highest BCUT2D eigenvalue weighted by molar-refractivity contribution is 5.42. The largest absolute Gasteiger partial charge is 0.497 e. The van der Waals surface area contributed by atoms with Gasteiger partial charge in [0.2, 0.25) is 0 Å². The molecule has 4 heteroatoms. The number of hydrogen-bond donors (Lipinski definition) is 1. The smallest absolute Gasteiger partial charge is 0.129 e. The second-order valence-electron chi connectivity index (χ2n) is 5.34. The molecule has 1 aliphatic carbocycles. The van der Waals surface area contributed by atoms with Crippen molar-refractivity contribution in [3.05, 3.63) is 23.8 Å². The molecule has 0 amide bonds. The van der Waals surface area contributed by atoms with E-state index < -0.39 is 6.10 Å². The van der Waals surface area contributed by atoms with Crippen molar-refractivity contribution in [1.29, 1.82) is 0 Å². The lowest BCUT2D eigenvalue weighted by atomic mass is 9.94. The van der Waals surface area contributed by atoms with Crippen molar-refractivity contribution in [3.8, 4) is 11.5 Å². The molecule has 1 aromatic carbocycles. The summed E-state index contributed by atoms with van der Waals surface area (Å²) in [6.45, 7) is 1.74. The zero-order chi connectivity index (χ0) is 14.5.